The number of aromatic nitrogens is 4. The van der Waals surface area contributed by atoms with Gasteiger partial charge in [-0.15, -0.1) is 0 Å². The van der Waals surface area contributed by atoms with E-state index in [0.29, 0.717) is 0 Å². The standard InChI is InChI=1S/C12H13N5O5/c1-2-16-10-6(9(21)15-12(16)13)14-4-17(10)11-8(20)7(19)5(3-18)22-11/h1,4-5,7-8,11,18-20H,3H2,(H2,13,15,21). The van der Waals surface area contributed by atoms with Crippen molar-refractivity contribution in [3.05, 3.63) is 16.7 Å². The van der Waals surface area contributed by atoms with Crippen LogP contribution >= 0.6 is 0 Å². The van der Waals surface area contributed by atoms with Gasteiger partial charge < -0.3 is 25.8 Å². The van der Waals surface area contributed by atoms with Crippen molar-refractivity contribution in [1.29, 1.82) is 0 Å². The highest BCUT2D eigenvalue weighted by Gasteiger charge is 2.44. The number of hydrogen-bond donors (Lipinski definition) is 4. The monoisotopic (exact) mass is 307 g/mol. The van der Waals surface area contributed by atoms with E-state index in [-0.39, 0.29) is 17.1 Å². The molecule has 3 heterocycles. The van der Waals surface area contributed by atoms with Gasteiger partial charge in [0.05, 0.1) is 12.9 Å². The van der Waals surface area contributed by atoms with Gasteiger partial charge in [-0.05, 0) is 0 Å². The molecule has 1 saturated heterocycles. The van der Waals surface area contributed by atoms with Crippen molar-refractivity contribution in [2.45, 2.75) is 24.5 Å². The third kappa shape index (κ3) is 1.88. The molecule has 1 aliphatic heterocycles. The molecule has 0 amide bonds. The van der Waals surface area contributed by atoms with Gasteiger partial charge in [-0.25, -0.2) is 9.55 Å². The van der Waals surface area contributed by atoms with Crippen LogP contribution in [0.3, 0.4) is 0 Å². The molecule has 0 aliphatic carbocycles. The second-order valence-electron chi connectivity index (χ2n) is 4.79. The second kappa shape index (κ2) is 5.08. The van der Waals surface area contributed by atoms with Gasteiger partial charge in [0.15, 0.2) is 17.4 Å². The molecule has 0 radical (unpaired) electrons. The number of aliphatic hydroxyl groups is 3. The number of ether oxygens (including phenoxy) is 1. The Morgan fingerprint density at radius 2 is 2.18 bits per heavy atom. The maximum Gasteiger partial charge on any atom is 0.302 e. The lowest BCUT2D eigenvalue weighted by Gasteiger charge is -2.18. The van der Waals surface area contributed by atoms with Crippen LogP contribution in [0.2, 0.25) is 0 Å². The Morgan fingerprint density at radius 3 is 2.77 bits per heavy atom. The van der Waals surface area contributed by atoms with Gasteiger partial charge in [-0.3, -0.25) is 9.36 Å². The minimum Gasteiger partial charge on any atom is -0.394 e. The summed E-state index contributed by atoms with van der Waals surface area (Å²) in [6.45, 7) is -0.479. The topological polar surface area (TPSA) is 149 Å². The van der Waals surface area contributed by atoms with E-state index in [0.717, 1.165) is 4.57 Å². The van der Waals surface area contributed by atoms with Crippen molar-refractivity contribution in [2.75, 3.05) is 12.3 Å². The number of nitrogen functional groups attached to an aromatic ring is 1. The summed E-state index contributed by atoms with van der Waals surface area (Å²) in [5, 5.41) is 29.0. The van der Waals surface area contributed by atoms with Gasteiger partial charge in [0.25, 0.3) is 0 Å². The quantitative estimate of drug-likeness (QED) is 0.435. The number of aliphatic hydroxyl groups excluding tert-OH is 3. The Bertz CT molecular complexity index is 822. The average molecular weight is 307 g/mol. The van der Waals surface area contributed by atoms with Gasteiger partial charge >= 0.3 is 5.56 Å². The molecule has 0 saturated carbocycles. The highest BCUT2D eigenvalue weighted by molar-refractivity contribution is 5.73. The highest BCUT2D eigenvalue weighted by Crippen LogP contribution is 2.31. The zero-order valence-electron chi connectivity index (χ0n) is 11.2. The van der Waals surface area contributed by atoms with Crippen LogP contribution in [0.4, 0.5) is 5.95 Å². The van der Waals surface area contributed by atoms with Crippen molar-refractivity contribution in [3.63, 3.8) is 0 Å². The number of terminal acetylenes is 1. The predicted octanol–water partition coefficient (Wildman–Crippen LogP) is -2.77. The van der Waals surface area contributed by atoms with E-state index < -0.39 is 36.7 Å². The van der Waals surface area contributed by atoms with Crippen molar-refractivity contribution >= 4 is 17.1 Å². The maximum atomic E-state index is 11.8. The number of hydrogen-bond acceptors (Lipinski definition) is 8. The summed E-state index contributed by atoms with van der Waals surface area (Å²) in [5.41, 5.74) is 4.99. The Balaban J connectivity index is 2.21. The van der Waals surface area contributed by atoms with Gasteiger partial charge in [0.1, 0.15) is 18.3 Å². The molecule has 2 aromatic heterocycles. The zero-order chi connectivity index (χ0) is 16.0. The van der Waals surface area contributed by atoms with E-state index in [1.807, 2.05) is 0 Å². The lowest BCUT2D eigenvalue weighted by molar-refractivity contribution is -0.0512. The van der Waals surface area contributed by atoms with E-state index >= 15 is 0 Å². The molecule has 4 atom stereocenters. The van der Waals surface area contributed by atoms with Crippen LogP contribution in [0.5, 0.6) is 0 Å². The first-order valence-corrected chi connectivity index (χ1v) is 6.33. The average Bonchev–Trinajstić information content (AvgIpc) is 3.03. The van der Waals surface area contributed by atoms with E-state index in [2.05, 4.69) is 16.0 Å². The molecule has 10 heteroatoms. The normalized spacial score (nSPS) is 28.1. The Labute approximate surface area is 123 Å². The van der Waals surface area contributed by atoms with E-state index in [1.54, 1.807) is 0 Å². The van der Waals surface area contributed by atoms with Crippen LogP contribution in [0, 0.1) is 12.5 Å². The summed E-state index contributed by atoms with van der Waals surface area (Å²) in [5.74, 6) is -0.214. The summed E-state index contributed by atoms with van der Waals surface area (Å²) in [6.07, 6.45) is 1.90. The minimum absolute atomic E-state index is 0.0510. The van der Waals surface area contributed by atoms with Crippen LogP contribution in [0.1, 0.15) is 6.23 Å². The molecule has 2 aromatic rings. The molecular weight excluding hydrogens is 294 g/mol. The fourth-order valence-electron chi connectivity index (χ4n) is 2.47. The number of nitrogens with zero attached hydrogens (tertiary/aromatic N) is 4. The van der Waals surface area contributed by atoms with Crippen molar-refractivity contribution in [3.8, 4) is 12.5 Å². The summed E-state index contributed by atoms with van der Waals surface area (Å²) < 4.78 is 7.75. The number of imidazole rings is 1. The second-order valence-corrected chi connectivity index (χ2v) is 4.79. The number of fused-ring (bicyclic) bond motifs is 1. The van der Waals surface area contributed by atoms with Crippen molar-refractivity contribution in [2.24, 2.45) is 0 Å². The van der Waals surface area contributed by atoms with Crippen LogP contribution in [-0.4, -0.2) is 59.3 Å². The fourth-order valence-corrected chi connectivity index (χ4v) is 2.47. The third-order valence-corrected chi connectivity index (χ3v) is 3.55. The lowest BCUT2D eigenvalue weighted by Crippen LogP contribution is -2.33. The Morgan fingerprint density at radius 1 is 1.45 bits per heavy atom. The molecule has 5 N–H and O–H groups in total. The Hall–Kier alpha value is -2.45. The van der Waals surface area contributed by atoms with Gasteiger partial charge in [0.2, 0.25) is 5.95 Å². The summed E-state index contributed by atoms with van der Waals surface area (Å²) in [6, 6.07) is 2.25. The number of rotatable bonds is 2. The third-order valence-electron chi connectivity index (χ3n) is 3.55. The first kappa shape index (κ1) is 14.5. The lowest BCUT2D eigenvalue weighted by atomic mass is 10.1. The Kier molecular flexibility index (Phi) is 3.34. The molecule has 3 rings (SSSR count). The molecule has 1 fully saturated rings. The fraction of sp³-hybridized carbons (Fsp3) is 0.417. The number of anilines is 1. The summed E-state index contributed by atoms with van der Waals surface area (Å²) in [4.78, 5) is 19.3. The van der Waals surface area contributed by atoms with Crippen LogP contribution in [0.25, 0.3) is 11.2 Å². The largest absolute Gasteiger partial charge is 0.394 e. The first-order chi connectivity index (χ1) is 10.5. The van der Waals surface area contributed by atoms with E-state index in [1.165, 1.54) is 10.9 Å². The highest BCUT2D eigenvalue weighted by atomic mass is 16.6. The molecule has 10 nitrogen and oxygen atoms in total. The van der Waals surface area contributed by atoms with Crippen LogP contribution in [-0.2, 0) is 4.74 Å². The first-order valence-electron chi connectivity index (χ1n) is 6.33. The van der Waals surface area contributed by atoms with Crippen molar-refractivity contribution < 1.29 is 20.1 Å². The molecule has 4 unspecified atom stereocenters. The SMILES string of the molecule is C#Cn1c(N)nc(=O)c2ncn(C3OC(CO)C(O)C3O)c21. The predicted molar refractivity (Wildman–Crippen MR) is 73.4 cm³/mol. The molecule has 0 spiro atoms. The maximum absolute atomic E-state index is 11.8. The zero-order valence-corrected chi connectivity index (χ0v) is 11.2. The minimum atomic E-state index is -1.34. The van der Waals surface area contributed by atoms with Crippen LogP contribution < -0.4 is 11.3 Å². The molecule has 0 bridgehead atoms. The summed E-state index contributed by atoms with van der Waals surface area (Å²) in [7, 11) is 0. The molecule has 1 aliphatic rings. The van der Waals surface area contributed by atoms with Gasteiger partial charge in [-0.2, -0.15) is 4.98 Å². The van der Waals surface area contributed by atoms with Crippen molar-refractivity contribution in [1.82, 2.24) is 19.1 Å². The molecule has 0 aromatic carbocycles. The molecule has 116 valence electrons. The van der Waals surface area contributed by atoms with E-state index in [4.69, 9.17) is 22.0 Å². The van der Waals surface area contributed by atoms with Gasteiger partial charge in [0, 0.05) is 6.04 Å². The molecule has 22 heavy (non-hydrogen) atoms. The summed E-state index contributed by atoms with van der Waals surface area (Å²) >= 11 is 0. The van der Waals surface area contributed by atoms with E-state index in [9.17, 15) is 15.0 Å². The van der Waals surface area contributed by atoms with Gasteiger partial charge in [-0.1, -0.05) is 6.42 Å². The smallest absolute Gasteiger partial charge is 0.302 e. The number of nitrogens with two attached hydrogens (primary N) is 1. The molecular formula is C12H13N5O5. The van der Waals surface area contributed by atoms with Crippen LogP contribution in [0.15, 0.2) is 11.1 Å².